The Kier molecular flexibility index (Phi) is 6.55. The SMILES string of the molecule is CCOC(=O)c1nn(-c2cccc(OC)c2)c(=O)c2c(NC(=O)c3ccccc3[N+](=O)[O-])scc12. The molecule has 11 nitrogen and oxygen atoms in total. The second kappa shape index (κ2) is 9.73. The number of hydrogen-bond donors (Lipinski definition) is 1. The molecule has 0 saturated heterocycles. The molecule has 0 radical (unpaired) electrons. The van der Waals surface area contributed by atoms with Gasteiger partial charge in [0.1, 0.15) is 16.3 Å². The van der Waals surface area contributed by atoms with E-state index in [9.17, 15) is 24.5 Å². The number of nitro benzene ring substituents is 1. The molecule has 4 aromatic rings. The highest BCUT2D eigenvalue weighted by atomic mass is 32.1. The Labute approximate surface area is 201 Å². The third kappa shape index (κ3) is 4.46. The van der Waals surface area contributed by atoms with Gasteiger partial charge in [0.05, 0.1) is 29.7 Å². The molecule has 1 N–H and O–H groups in total. The number of nitrogens with one attached hydrogen (secondary N) is 1. The molecular formula is C23H18N4O7S. The van der Waals surface area contributed by atoms with Crippen molar-refractivity contribution in [1.82, 2.24) is 9.78 Å². The summed E-state index contributed by atoms with van der Waals surface area (Å²) in [6.07, 6.45) is 0. The molecular weight excluding hydrogens is 476 g/mol. The van der Waals surface area contributed by atoms with Gasteiger partial charge in [-0.2, -0.15) is 9.78 Å². The van der Waals surface area contributed by atoms with Crippen molar-refractivity contribution in [3.05, 3.63) is 85.6 Å². The Morgan fingerprint density at radius 1 is 1.20 bits per heavy atom. The predicted octanol–water partition coefficient (Wildman–Crippen LogP) is 3.79. The lowest BCUT2D eigenvalue weighted by Gasteiger charge is -2.11. The average Bonchev–Trinajstić information content (AvgIpc) is 3.28. The van der Waals surface area contributed by atoms with Crippen molar-refractivity contribution >= 4 is 44.7 Å². The fourth-order valence-corrected chi connectivity index (χ4v) is 4.34. The minimum Gasteiger partial charge on any atom is -0.497 e. The van der Waals surface area contributed by atoms with Gasteiger partial charge in [0.2, 0.25) is 0 Å². The highest BCUT2D eigenvalue weighted by Gasteiger charge is 2.25. The lowest BCUT2D eigenvalue weighted by molar-refractivity contribution is -0.385. The normalized spacial score (nSPS) is 10.7. The van der Waals surface area contributed by atoms with Gasteiger partial charge < -0.3 is 14.8 Å². The number of esters is 1. The highest BCUT2D eigenvalue weighted by molar-refractivity contribution is 7.16. The standard InChI is InChI=1S/C23H18N4O7S/c1-3-34-23(30)19-16-12-35-21(24-20(28)15-9-4-5-10-17(15)27(31)32)18(16)22(29)26(25-19)13-7-6-8-14(11-13)33-2/h4-12H,3H2,1-2H3,(H,24,28). The number of nitro groups is 1. The molecule has 1 amide bonds. The lowest BCUT2D eigenvalue weighted by Crippen LogP contribution is -2.25. The van der Waals surface area contributed by atoms with E-state index in [0.717, 1.165) is 16.0 Å². The number of carbonyl (C=O) groups is 2. The summed E-state index contributed by atoms with van der Waals surface area (Å²) in [5.74, 6) is -1.06. The molecule has 2 aromatic heterocycles. The van der Waals surface area contributed by atoms with Crippen LogP contribution in [0.2, 0.25) is 0 Å². The van der Waals surface area contributed by atoms with Crippen LogP contribution in [0.15, 0.2) is 58.7 Å². The molecule has 2 aromatic carbocycles. The summed E-state index contributed by atoms with van der Waals surface area (Å²) < 4.78 is 11.3. The number of methoxy groups -OCH3 is 1. The van der Waals surface area contributed by atoms with Crippen LogP contribution in [0.3, 0.4) is 0 Å². The molecule has 178 valence electrons. The van der Waals surface area contributed by atoms with Crippen molar-refractivity contribution in [2.24, 2.45) is 0 Å². The monoisotopic (exact) mass is 494 g/mol. The number of amides is 1. The Morgan fingerprint density at radius 3 is 2.69 bits per heavy atom. The maximum absolute atomic E-state index is 13.5. The number of nitrogens with zero attached hydrogens (tertiary/aromatic N) is 3. The average molecular weight is 494 g/mol. The summed E-state index contributed by atoms with van der Waals surface area (Å²) >= 11 is 0.988. The van der Waals surface area contributed by atoms with Gasteiger partial charge >= 0.3 is 5.97 Å². The Bertz CT molecular complexity index is 1530. The second-order valence-corrected chi connectivity index (χ2v) is 7.95. The molecule has 0 saturated carbocycles. The van der Waals surface area contributed by atoms with Crippen LogP contribution in [-0.4, -0.2) is 40.3 Å². The van der Waals surface area contributed by atoms with Crippen molar-refractivity contribution in [3.8, 4) is 11.4 Å². The smallest absolute Gasteiger partial charge is 0.359 e. The summed E-state index contributed by atoms with van der Waals surface area (Å²) in [7, 11) is 1.47. The number of rotatable bonds is 7. The summed E-state index contributed by atoms with van der Waals surface area (Å²) in [6, 6.07) is 12.0. The number of carbonyl (C=O) groups excluding carboxylic acids is 2. The van der Waals surface area contributed by atoms with Crippen molar-refractivity contribution in [2.45, 2.75) is 6.92 Å². The molecule has 12 heteroatoms. The Morgan fingerprint density at radius 2 is 1.97 bits per heavy atom. The topological polar surface area (TPSA) is 143 Å². The van der Waals surface area contributed by atoms with E-state index in [1.807, 2.05) is 0 Å². The van der Waals surface area contributed by atoms with Crippen LogP contribution in [0.4, 0.5) is 10.7 Å². The molecule has 0 fully saturated rings. The molecule has 0 spiro atoms. The zero-order valence-electron chi connectivity index (χ0n) is 18.5. The van der Waals surface area contributed by atoms with E-state index in [2.05, 4.69) is 10.4 Å². The maximum Gasteiger partial charge on any atom is 0.359 e. The predicted molar refractivity (Wildman–Crippen MR) is 129 cm³/mol. The largest absolute Gasteiger partial charge is 0.497 e. The first-order valence-corrected chi connectivity index (χ1v) is 11.1. The summed E-state index contributed by atoms with van der Waals surface area (Å²) in [5, 5.41) is 20.0. The second-order valence-electron chi connectivity index (χ2n) is 7.07. The van der Waals surface area contributed by atoms with Gasteiger partial charge in [0, 0.05) is 22.9 Å². The minimum absolute atomic E-state index is 0.0165. The molecule has 35 heavy (non-hydrogen) atoms. The van der Waals surface area contributed by atoms with Crippen LogP contribution in [-0.2, 0) is 4.74 Å². The van der Waals surface area contributed by atoms with Gasteiger partial charge in [0.25, 0.3) is 17.2 Å². The van der Waals surface area contributed by atoms with Crippen molar-refractivity contribution in [3.63, 3.8) is 0 Å². The van der Waals surface area contributed by atoms with E-state index in [4.69, 9.17) is 9.47 Å². The number of aromatic nitrogens is 2. The number of ether oxygens (including phenoxy) is 2. The highest BCUT2D eigenvalue weighted by Crippen LogP contribution is 2.32. The number of thiophene rings is 1. The van der Waals surface area contributed by atoms with Crippen molar-refractivity contribution in [1.29, 1.82) is 0 Å². The van der Waals surface area contributed by atoms with E-state index < -0.39 is 22.4 Å². The number of benzene rings is 2. The zero-order valence-corrected chi connectivity index (χ0v) is 19.3. The van der Waals surface area contributed by atoms with E-state index in [0.29, 0.717) is 11.4 Å². The molecule has 0 unspecified atom stereocenters. The molecule has 0 bridgehead atoms. The number of hydrogen-bond acceptors (Lipinski definition) is 9. The van der Waals surface area contributed by atoms with Gasteiger partial charge in [-0.05, 0) is 25.1 Å². The minimum atomic E-state index is -0.775. The van der Waals surface area contributed by atoms with Crippen LogP contribution < -0.4 is 15.6 Å². The van der Waals surface area contributed by atoms with E-state index >= 15 is 0 Å². The van der Waals surface area contributed by atoms with E-state index in [-0.39, 0.29) is 39.3 Å². The van der Waals surface area contributed by atoms with Gasteiger partial charge in [-0.3, -0.25) is 19.7 Å². The van der Waals surface area contributed by atoms with Crippen LogP contribution in [0.5, 0.6) is 5.75 Å². The van der Waals surface area contributed by atoms with Crippen LogP contribution in [0.25, 0.3) is 16.5 Å². The third-order valence-corrected chi connectivity index (χ3v) is 5.89. The van der Waals surface area contributed by atoms with Crippen molar-refractivity contribution in [2.75, 3.05) is 19.0 Å². The summed E-state index contributed by atoms with van der Waals surface area (Å²) in [4.78, 5) is 49.7. The Hall–Kier alpha value is -4.58. The molecule has 0 aliphatic carbocycles. The van der Waals surface area contributed by atoms with Gasteiger partial charge in [-0.1, -0.05) is 18.2 Å². The fourth-order valence-electron chi connectivity index (χ4n) is 3.40. The summed E-state index contributed by atoms with van der Waals surface area (Å²) in [5.41, 5.74) is -0.962. The molecule has 2 heterocycles. The van der Waals surface area contributed by atoms with Gasteiger partial charge in [-0.15, -0.1) is 11.3 Å². The number of fused-ring (bicyclic) bond motifs is 1. The van der Waals surface area contributed by atoms with Crippen molar-refractivity contribution < 1.29 is 24.0 Å². The van der Waals surface area contributed by atoms with E-state index in [1.54, 1.807) is 31.2 Å². The first-order valence-electron chi connectivity index (χ1n) is 10.3. The van der Waals surface area contributed by atoms with Crippen LogP contribution >= 0.6 is 11.3 Å². The third-order valence-electron chi connectivity index (χ3n) is 4.99. The quantitative estimate of drug-likeness (QED) is 0.232. The maximum atomic E-state index is 13.5. The van der Waals surface area contributed by atoms with E-state index in [1.165, 1.54) is 36.8 Å². The van der Waals surface area contributed by atoms with Gasteiger partial charge in [-0.25, -0.2) is 4.79 Å². The van der Waals surface area contributed by atoms with Crippen LogP contribution in [0, 0.1) is 10.1 Å². The first-order chi connectivity index (χ1) is 16.8. The first kappa shape index (κ1) is 23.6. The molecule has 0 atom stereocenters. The zero-order chi connectivity index (χ0) is 25.1. The van der Waals surface area contributed by atoms with Gasteiger partial charge in [0.15, 0.2) is 5.69 Å². The molecule has 0 aliphatic rings. The molecule has 4 rings (SSSR count). The molecule has 0 aliphatic heterocycles. The Balaban J connectivity index is 1.90. The number of para-hydroxylation sites is 1. The fraction of sp³-hybridized carbons (Fsp3) is 0.130. The number of anilines is 1. The van der Waals surface area contributed by atoms with Crippen LogP contribution in [0.1, 0.15) is 27.8 Å². The lowest BCUT2D eigenvalue weighted by atomic mass is 10.1. The summed E-state index contributed by atoms with van der Waals surface area (Å²) in [6.45, 7) is 1.73.